The van der Waals surface area contributed by atoms with Crippen LogP contribution in [0.15, 0.2) is 72.9 Å². The number of rotatable bonds is 8. The average molecular weight is 462 g/mol. The molecule has 6 nitrogen and oxygen atoms in total. The molecular weight excluding hydrogens is 433 g/mol. The SMILES string of the molecule is N#Cc1ccc(OCC(O)CN2CCC(C(O)(c3cccc(F)c3)c3ccccn3)CC2)cc1. The first-order valence-corrected chi connectivity index (χ1v) is 11.4. The molecule has 2 N–H and O–H groups in total. The lowest BCUT2D eigenvalue weighted by Crippen LogP contribution is -2.46. The Labute approximate surface area is 198 Å². The predicted octanol–water partition coefficient (Wildman–Crippen LogP) is 3.48. The third kappa shape index (κ3) is 5.42. The first-order chi connectivity index (χ1) is 16.5. The van der Waals surface area contributed by atoms with Crippen LogP contribution in [0.3, 0.4) is 0 Å². The number of β-amino-alcohol motifs (C(OH)–C–C–N with tert-alkyl or cyclic N) is 1. The summed E-state index contributed by atoms with van der Waals surface area (Å²) in [6.45, 7) is 1.96. The second kappa shape index (κ2) is 10.7. The van der Waals surface area contributed by atoms with Crippen LogP contribution in [0.25, 0.3) is 0 Å². The maximum absolute atomic E-state index is 14.0. The molecule has 1 aliphatic rings. The summed E-state index contributed by atoms with van der Waals surface area (Å²) in [6.07, 6.45) is 2.31. The molecule has 7 heteroatoms. The molecule has 0 aliphatic carbocycles. The van der Waals surface area contributed by atoms with Gasteiger partial charge in [0.05, 0.1) is 17.3 Å². The topological polar surface area (TPSA) is 89.6 Å². The number of aliphatic hydroxyl groups excluding tert-OH is 1. The molecule has 1 aliphatic heterocycles. The summed E-state index contributed by atoms with van der Waals surface area (Å²) in [4.78, 5) is 6.55. The van der Waals surface area contributed by atoms with Crippen molar-refractivity contribution in [3.8, 4) is 11.8 Å². The molecule has 1 saturated heterocycles. The number of likely N-dealkylation sites (tertiary alicyclic amines) is 1. The molecule has 176 valence electrons. The van der Waals surface area contributed by atoms with E-state index in [1.165, 1.54) is 12.1 Å². The van der Waals surface area contributed by atoms with Gasteiger partial charge in [0, 0.05) is 18.7 Å². The molecule has 3 aromatic rings. The predicted molar refractivity (Wildman–Crippen MR) is 125 cm³/mol. The van der Waals surface area contributed by atoms with E-state index in [4.69, 9.17) is 10.00 Å². The highest BCUT2D eigenvalue weighted by atomic mass is 19.1. The zero-order valence-electron chi connectivity index (χ0n) is 18.8. The van der Waals surface area contributed by atoms with Crippen LogP contribution in [0.1, 0.15) is 29.7 Å². The number of aromatic nitrogens is 1. The summed E-state index contributed by atoms with van der Waals surface area (Å²) in [7, 11) is 0. The number of piperidine rings is 1. The van der Waals surface area contributed by atoms with Gasteiger partial charge in [0.25, 0.3) is 0 Å². The van der Waals surface area contributed by atoms with Crippen LogP contribution in [-0.2, 0) is 5.60 Å². The van der Waals surface area contributed by atoms with Crippen molar-refractivity contribution in [1.82, 2.24) is 9.88 Å². The lowest BCUT2D eigenvalue weighted by molar-refractivity contribution is -0.0252. The third-order valence-corrected chi connectivity index (χ3v) is 6.39. The Bertz CT molecular complexity index is 1110. The van der Waals surface area contributed by atoms with Gasteiger partial charge in [0.1, 0.15) is 29.9 Å². The molecule has 1 aromatic heterocycles. The molecular formula is C27H28FN3O3. The molecule has 2 atom stereocenters. The van der Waals surface area contributed by atoms with E-state index < -0.39 is 17.5 Å². The number of halogens is 1. The molecule has 0 spiro atoms. The van der Waals surface area contributed by atoms with Crippen LogP contribution in [0.4, 0.5) is 4.39 Å². The first-order valence-electron chi connectivity index (χ1n) is 11.4. The van der Waals surface area contributed by atoms with Crippen LogP contribution in [0, 0.1) is 23.1 Å². The van der Waals surface area contributed by atoms with Gasteiger partial charge in [-0.05, 0) is 80.0 Å². The number of nitrogens with zero attached hydrogens (tertiary/aromatic N) is 3. The Hall–Kier alpha value is -3.31. The van der Waals surface area contributed by atoms with Gasteiger partial charge >= 0.3 is 0 Å². The van der Waals surface area contributed by atoms with Crippen molar-refractivity contribution in [2.45, 2.75) is 24.5 Å². The zero-order chi connectivity index (χ0) is 24.0. The Morgan fingerprint density at radius 2 is 1.88 bits per heavy atom. The van der Waals surface area contributed by atoms with Crippen molar-refractivity contribution in [1.29, 1.82) is 5.26 Å². The fraction of sp³-hybridized carbons (Fsp3) is 0.333. The van der Waals surface area contributed by atoms with Gasteiger partial charge < -0.3 is 19.8 Å². The van der Waals surface area contributed by atoms with E-state index in [1.807, 2.05) is 6.07 Å². The van der Waals surface area contributed by atoms with E-state index in [1.54, 1.807) is 54.7 Å². The Morgan fingerprint density at radius 1 is 1.12 bits per heavy atom. The van der Waals surface area contributed by atoms with E-state index >= 15 is 0 Å². The molecule has 1 fully saturated rings. The highest BCUT2D eigenvalue weighted by Crippen LogP contribution is 2.41. The minimum Gasteiger partial charge on any atom is -0.491 e. The third-order valence-electron chi connectivity index (χ3n) is 6.39. The maximum Gasteiger partial charge on any atom is 0.134 e. The van der Waals surface area contributed by atoms with Crippen LogP contribution >= 0.6 is 0 Å². The molecule has 0 saturated carbocycles. The number of ether oxygens (including phenoxy) is 1. The van der Waals surface area contributed by atoms with Crippen molar-refractivity contribution in [3.63, 3.8) is 0 Å². The molecule has 2 unspecified atom stereocenters. The summed E-state index contributed by atoms with van der Waals surface area (Å²) in [5.74, 6) is 0.0643. The molecule has 4 rings (SSSR count). The lowest BCUT2D eigenvalue weighted by Gasteiger charge is -2.42. The molecule has 2 heterocycles. The van der Waals surface area contributed by atoms with Crippen molar-refractivity contribution in [2.24, 2.45) is 5.92 Å². The largest absolute Gasteiger partial charge is 0.491 e. The Balaban J connectivity index is 1.37. The minimum atomic E-state index is -1.40. The second-order valence-corrected chi connectivity index (χ2v) is 8.67. The number of nitriles is 1. The quantitative estimate of drug-likeness (QED) is 0.534. The van der Waals surface area contributed by atoms with Crippen molar-refractivity contribution in [3.05, 3.63) is 95.6 Å². The zero-order valence-corrected chi connectivity index (χ0v) is 18.8. The molecule has 2 aromatic carbocycles. The maximum atomic E-state index is 14.0. The number of aliphatic hydroxyl groups is 2. The summed E-state index contributed by atoms with van der Waals surface area (Å²) >= 11 is 0. The van der Waals surface area contributed by atoms with Crippen LogP contribution in [0.5, 0.6) is 5.75 Å². The normalized spacial score (nSPS) is 17.5. The summed E-state index contributed by atoms with van der Waals surface area (Å²) in [5.41, 5.74) is 0.169. The van der Waals surface area contributed by atoms with Gasteiger partial charge in [-0.1, -0.05) is 18.2 Å². The average Bonchev–Trinajstić information content (AvgIpc) is 2.88. The number of pyridine rings is 1. The number of hydrogen-bond donors (Lipinski definition) is 2. The fourth-order valence-corrected chi connectivity index (χ4v) is 4.61. The van der Waals surface area contributed by atoms with Gasteiger partial charge in [-0.15, -0.1) is 0 Å². The number of benzene rings is 2. The van der Waals surface area contributed by atoms with Gasteiger partial charge in [0.2, 0.25) is 0 Å². The van der Waals surface area contributed by atoms with E-state index in [-0.39, 0.29) is 12.5 Å². The molecule has 0 radical (unpaired) electrons. The van der Waals surface area contributed by atoms with Crippen molar-refractivity contribution in [2.75, 3.05) is 26.2 Å². The van der Waals surface area contributed by atoms with E-state index in [0.29, 0.717) is 55.0 Å². The standard InChI is InChI=1S/C27H28FN3O3/c28-23-5-3-4-22(16-23)27(33,26-6-1-2-13-30-26)21-11-14-31(15-12-21)18-24(32)19-34-25-9-7-20(17-29)8-10-25/h1-10,13,16,21,24,32-33H,11-12,14-15,18-19H2. The molecule has 34 heavy (non-hydrogen) atoms. The van der Waals surface area contributed by atoms with Gasteiger partial charge in [-0.3, -0.25) is 4.98 Å². The van der Waals surface area contributed by atoms with Crippen LogP contribution < -0.4 is 4.74 Å². The van der Waals surface area contributed by atoms with Gasteiger partial charge in [0.15, 0.2) is 0 Å². The van der Waals surface area contributed by atoms with Gasteiger partial charge in [-0.25, -0.2) is 4.39 Å². The fourth-order valence-electron chi connectivity index (χ4n) is 4.61. The smallest absolute Gasteiger partial charge is 0.134 e. The number of hydrogen-bond acceptors (Lipinski definition) is 6. The summed E-state index contributed by atoms with van der Waals surface area (Å²) < 4.78 is 19.7. The summed E-state index contributed by atoms with van der Waals surface area (Å²) in [5, 5.41) is 31.2. The Morgan fingerprint density at radius 3 is 2.53 bits per heavy atom. The highest BCUT2D eigenvalue weighted by molar-refractivity contribution is 5.35. The lowest BCUT2D eigenvalue weighted by atomic mass is 9.74. The van der Waals surface area contributed by atoms with E-state index in [9.17, 15) is 14.6 Å². The molecule has 0 bridgehead atoms. The first kappa shape index (κ1) is 23.8. The van der Waals surface area contributed by atoms with Crippen molar-refractivity contribution < 1.29 is 19.3 Å². The summed E-state index contributed by atoms with van der Waals surface area (Å²) in [6, 6.07) is 20.3. The molecule has 0 amide bonds. The van der Waals surface area contributed by atoms with E-state index in [0.717, 1.165) is 0 Å². The van der Waals surface area contributed by atoms with Gasteiger partial charge in [-0.2, -0.15) is 5.26 Å². The van der Waals surface area contributed by atoms with Crippen molar-refractivity contribution >= 4 is 0 Å². The minimum absolute atomic E-state index is 0.146. The van der Waals surface area contributed by atoms with Crippen LogP contribution in [0.2, 0.25) is 0 Å². The highest BCUT2D eigenvalue weighted by Gasteiger charge is 2.43. The van der Waals surface area contributed by atoms with Crippen LogP contribution in [-0.4, -0.2) is 52.4 Å². The second-order valence-electron chi connectivity index (χ2n) is 8.67. The monoisotopic (exact) mass is 461 g/mol. The Kier molecular flexibility index (Phi) is 7.53. The van der Waals surface area contributed by atoms with E-state index in [2.05, 4.69) is 16.0 Å².